The second-order valence-electron chi connectivity index (χ2n) is 9.30. The summed E-state index contributed by atoms with van der Waals surface area (Å²) in [5.41, 5.74) is 2.47. The van der Waals surface area contributed by atoms with Crippen LogP contribution in [-0.4, -0.2) is 84.6 Å². The van der Waals surface area contributed by atoms with E-state index in [1.54, 1.807) is 0 Å². The van der Waals surface area contributed by atoms with Crippen LogP contribution in [0.25, 0.3) is 10.9 Å². The average Bonchev–Trinajstić information content (AvgIpc) is 2.83. The van der Waals surface area contributed by atoms with Crippen molar-refractivity contribution in [2.75, 3.05) is 65.2 Å². The Bertz CT molecular complexity index is 982. The highest BCUT2D eigenvalue weighted by molar-refractivity contribution is 5.88. The Morgan fingerprint density at radius 2 is 1.58 bits per heavy atom. The summed E-state index contributed by atoms with van der Waals surface area (Å²) in [6.07, 6.45) is 3.48. The zero-order valence-corrected chi connectivity index (χ0v) is 20.2. The molecule has 1 fully saturated rings. The Labute approximate surface area is 198 Å². The summed E-state index contributed by atoms with van der Waals surface area (Å²) in [5, 5.41) is 4.67. The van der Waals surface area contributed by atoms with Crippen molar-refractivity contribution in [2.45, 2.75) is 25.8 Å². The zero-order chi connectivity index (χ0) is 22.9. The number of aromatic nitrogens is 2. The molecule has 2 aromatic carbocycles. The molecule has 3 aromatic rings. The highest BCUT2D eigenvalue weighted by Gasteiger charge is 2.18. The summed E-state index contributed by atoms with van der Waals surface area (Å²) in [6.45, 7) is 8.38. The Morgan fingerprint density at radius 3 is 2.36 bits per heavy atom. The van der Waals surface area contributed by atoms with Crippen LogP contribution in [0.5, 0.6) is 0 Å². The van der Waals surface area contributed by atoms with Gasteiger partial charge in [0.25, 0.3) is 0 Å². The maximum Gasteiger partial charge on any atom is 0.145 e. The van der Waals surface area contributed by atoms with Crippen LogP contribution in [0.15, 0.2) is 54.6 Å². The third-order valence-electron chi connectivity index (χ3n) is 6.34. The smallest absolute Gasteiger partial charge is 0.145 e. The van der Waals surface area contributed by atoms with E-state index in [9.17, 15) is 0 Å². The summed E-state index contributed by atoms with van der Waals surface area (Å²) in [5.74, 6) is 1.88. The molecule has 0 amide bonds. The van der Waals surface area contributed by atoms with Gasteiger partial charge >= 0.3 is 0 Å². The average molecular weight is 447 g/mol. The van der Waals surface area contributed by atoms with E-state index in [2.05, 4.69) is 88.7 Å². The first kappa shape index (κ1) is 23.6. The van der Waals surface area contributed by atoms with Crippen molar-refractivity contribution in [3.05, 3.63) is 66.0 Å². The highest BCUT2D eigenvalue weighted by Crippen LogP contribution is 2.21. The van der Waals surface area contributed by atoms with Crippen LogP contribution in [0.1, 0.15) is 24.2 Å². The maximum atomic E-state index is 4.92. The Kier molecular flexibility index (Phi) is 8.64. The molecule has 1 N–H and O–H groups in total. The molecule has 1 saturated heterocycles. The Hall–Kier alpha value is -2.54. The van der Waals surface area contributed by atoms with Crippen molar-refractivity contribution in [3.63, 3.8) is 0 Å². The summed E-state index contributed by atoms with van der Waals surface area (Å²) in [7, 11) is 4.22. The minimum atomic E-state index is 0.815. The van der Waals surface area contributed by atoms with Gasteiger partial charge < -0.3 is 15.1 Å². The molecule has 1 aliphatic rings. The maximum absolute atomic E-state index is 4.92. The molecule has 1 aliphatic heterocycles. The van der Waals surface area contributed by atoms with Gasteiger partial charge in [0.2, 0.25) is 0 Å². The van der Waals surface area contributed by atoms with E-state index in [1.165, 1.54) is 18.5 Å². The summed E-state index contributed by atoms with van der Waals surface area (Å²) in [6, 6.07) is 19.1. The van der Waals surface area contributed by atoms with E-state index in [0.29, 0.717) is 0 Å². The lowest BCUT2D eigenvalue weighted by molar-refractivity contribution is 0.124. The SMILES string of the molecule is CN(C)CCCNc1nc(CN2CCN(CCCc3ccccc3)CC2)nc2ccccc12. The molecule has 2 heterocycles. The number of rotatable bonds is 11. The van der Waals surface area contributed by atoms with Crippen molar-refractivity contribution in [1.82, 2.24) is 24.7 Å². The highest BCUT2D eigenvalue weighted by atomic mass is 15.3. The topological polar surface area (TPSA) is 47.5 Å². The molecule has 176 valence electrons. The predicted octanol–water partition coefficient (Wildman–Crippen LogP) is 3.74. The third kappa shape index (κ3) is 7.22. The van der Waals surface area contributed by atoms with Gasteiger partial charge in [-0.25, -0.2) is 9.97 Å². The van der Waals surface area contributed by atoms with Gasteiger partial charge in [0.05, 0.1) is 12.1 Å². The number of aryl methyl sites for hydroxylation is 1. The molecule has 6 nitrogen and oxygen atoms in total. The fraction of sp³-hybridized carbons (Fsp3) is 0.481. The van der Waals surface area contributed by atoms with E-state index < -0.39 is 0 Å². The fourth-order valence-electron chi connectivity index (χ4n) is 4.45. The molecule has 6 heteroatoms. The summed E-state index contributed by atoms with van der Waals surface area (Å²) < 4.78 is 0. The van der Waals surface area contributed by atoms with Crippen molar-refractivity contribution in [1.29, 1.82) is 0 Å². The van der Waals surface area contributed by atoms with Crippen molar-refractivity contribution >= 4 is 16.7 Å². The standard InChI is InChI=1S/C27H38N6/c1-31(2)16-9-15-28-27-24-13-6-7-14-25(24)29-26(30-27)22-33-20-18-32(19-21-33)17-8-12-23-10-4-3-5-11-23/h3-7,10-11,13-14H,8-9,12,15-22H2,1-2H3,(H,28,29,30). The van der Waals surface area contributed by atoms with E-state index in [0.717, 1.165) is 81.2 Å². The van der Waals surface area contributed by atoms with Crippen molar-refractivity contribution < 1.29 is 0 Å². The van der Waals surface area contributed by atoms with Crippen LogP contribution in [0, 0.1) is 0 Å². The molecular weight excluding hydrogens is 408 g/mol. The Balaban J connectivity index is 1.28. The number of hydrogen-bond acceptors (Lipinski definition) is 6. The van der Waals surface area contributed by atoms with Crippen LogP contribution in [-0.2, 0) is 13.0 Å². The quantitative estimate of drug-likeness (QED) is 0.453. The summed E-state index contributed by atoms with van der Waals surface area (Å²) >= 11 is 0. The zero-order valence-electron chi connectivity index (χ0n) is 20.2. The Morgan fingerprint density at radius 1 is 0.848 bits per heavy atom. The van der Waals surface area contributed by atoms with Crippen LogP contribution >= 0.6 is 0 Å². The van der Waals surface area contributed by atoms with E-state index in [4.69, 9.17) is 9.97 Å². The molecule has 0 saturated carbocycles. The molecule has 0 unspecified atom stereocenters. The number of benzene rings is 2. The monoisotopic (exact) mass is 446 g/mol. The van der Waals surface area contributed by atoms with E-state index >= 15 is 0 Å². The number of nitrogens with one attached hydrogen (secondary N) is 1. The van der Waals surface area contributed by atoms with Crippen LogP contribution in [0.3, 0.4) is 0 Å². The number of fused-ring (bicyclic) bond motifs is 1. The second kappa shape index (κ2) is 12.1. The fourth-order valence-corrected chi connectivity index (χ4v) is 4.45. The van der Waals surface area contributed by atoms with Crippen molar-refractivity contribution in [2.24, 2.45) is 0 Å². The first-order chi connectivity index (χ1) is 16.2. The van der Waals surface area contributed by atoms with Gasteiger partial charge in [0.1, 0.15) is 11.6 Å². The largest absolute Gasteiger partial charge is 0.369 e. The minimum Gasteiger partial charge on any atom is -0.369 e. The predicted molar refractivity (Wildman–Crippen MR) is 138 cm³/mol. The molecule has 0 aliphatic carbocycles. The lowest BCUT2D eigenvalue weighted by Crippen LogP contribution is -2.46. The first-order valence-electron chi connectivity index (χ1n) is 12.3. The number of piperazine rings is 1. The van der Waals surface area contributed by atoms with Crippen molar-refractivity contribution in [3.8, 4) is 0 Å². The molecule has 0 atom stereocenters. The first-order valence-corrected chi connectivity index (χ1v) is 12.3. The van der Waals surface area contributed by atoms with Gasteiger partial charge in [-0.15, -0.1) is 0 Å². The van der Waals surface area contributed by atoms with Crippen LogP contribution < -0.4 is 5.32 Å². The summed E-state index contributed by atoms with van der Waals surface area (Å²) in [4.78, 5) is 17.1. The minimum absolute atomic E-state index is 0.815. The lowest BCUT2D eigenvalue weighted by atomic mass is 10.1. The van der Waals surface area contributed by atoms with Gasteiger partial charge in [-0.3, -0.25) is 4.90 Å². The number of anilines is 1. The lowest BCUT2D eigenvalue weighted by Gasteiger charge is -2.34. The molecule has 0 bridgehead atoms. The molecular formula is C27H38N6. The van der Waals surface area contributed by atoms with E-state index in [-0.39, 0.29) is 0 Å². The third-order valence-corrected chi connectivity index (χ3v) is 6.34. The van der Waals surface area contributed by atoms with Crippen LogP contribution in [0.2, 0.25) is 0 Å². The van der Waals surface area contributed by atoms with Gasteiger partial charge in [-0.05, 0) is 64.1 Å². The van der Waals surface area contributed by atoms with Gasteiger partial charge in [0.15, 0.2) is 0 Å². The normalized spacial score (nSPS) is 15.4. The number of para-hydroxylation sites is 1. The van der Waals surface area contributed by atoms with Gasteiger partial charge in [-0.1, -0.05) is 42.5 Å². The molecule has 0 radical (unpaired) electrons. The van der Waals surface area contributed by atoms with Gasteiger partial charge in [0, 0.05) is 38.1 Å². The second-order valence-corrected chi connectivity index (χ2v) is 9.30. The molecule has 33 heavy (non-hydrogen) atoms. The van der Waals surface area contributed by atoms with Crippen LogP contribution in [0.4, 0.5) is 5.82 Å². The number of nitrogens with zero attached hydrogens (tertiary/aromatic N) is 5. The molecule has 0 spiro atoms. The van der Waals surface area contributed by atoms with Gasteiger partial charge in [-0.2, -0.15) is 0 Å². The van der Waals surface area contributed by atoms with E-state index in [1.807, 2.05) is 0 Å². The number of hydrogen-bond donors (Lipinski definition) is 1. The molecule has 4 rings (SSSR count). The molecule has 1 aromatic heterocycles.